The number of nitrogens with zero attached hydrogens (tertiary/aromatic N) is 1. The molecule has 2 aromatic rings. The van der Waals surface area contributed by atoms with E-state index in [1.807, 2.05) is 42.5 Å². The molecule has 0 atom stereocenters. The number of amides is 2. The number of benzene rings is 2. The third-order valence-corrected chi connectivity index (χ3v) is 3.53. The third-order valence-electron chi connectivity index (χ3n) is 3.00. The minimum Gasteiger partial charge on any atom is -0.497 e. The van der Waals surface area contributed by atoms with Crippen LogP contribution in [0.1, 0.15) is 5.56 Å². The number of anilines is 1. The van der Waals surface area contributed by atoms with Crippen molar-refractivity contribution in [1.82, 2.24) is 4.90 Å². The molecule has 0 heterocycles. The number of ether oxygens (including phenoxy) is 1. The van der Waals surface area contributed by atoms with E-state index in [1.165, 1.54) is 0 Å². The van der Waals surface area contributed by atoms with E-state index >= 15 is 0 Å². The molecule has 0 aromatic heterocycles. The number of halogens is 1. The summed E-state index contributed by atoms with van der Waals surface area (Å²) in [6, 6.07) is 15.0. The molecule has 2 amide bonds. The normalized spacial score (nSPS) is 10.0. The van der Waals surface area contributed by atoms with Crippen molar-refractivity contribution in [1.29, 1.82) is 0 Å². The van der Waals surface area contributed by atoms with Gasteiger partial charge in [0.05, 0.1) is 7.11 Å². The molecule has 0 bridgehead atoms. The zero-order valence-corrected chi connectivity index (χ0v) is 13.6. The predicted molar refractivity (Wildman–Crippen MR) is 87.6 cm³/mol. The highest BCUT2D eigenvalue weighted by molar-refractivity contribution is 9.10. The second-order valence-corrected chi connectivity index (χ2v) is 5.56. The monoisotopic (exact) mass is 348 g/mol. The highest BCUT2D eigenvalue weighted by atomic mass is 79.9. The van der Waals surface area contributed by atoms with E-state index in [4.69, 9.17) is 4.74 Å². The van der Waals surface area contributed by atoms with E-state index in [2.05, 4.69) is 21.2 Å². The Morgan fingerprint density at radius 2 is 1.95 bits per heavy atom. The Hall–Kier alpha value is -2.01. The molecular weight excluding hydrogens is 332 g/mol. The highest BCUT2D eigenvalue weighted by Crippen LogP contribution is 2.17. The fourth-order valence-corrected chi connectivity index (χ4v) is 2.12. The Morgan fingerprint density at radius 1 is 1.24 bits per heavy atom. The molecule has 0 saturated heterocycles. The van der Waals surface area contributed by atoms with E-state index in [9.17, 15) is 4.79 Å². The van der Waals surface area contributed by atoms with Crippen LogP contribution in [0.4, 0.5) is 10.5 Å². The number of carbonyl (C=O) groups is 1. The van der Waals surface area contributed by atoms with Crippen LogP contribution in [0.2, 0.25) is 0 Å². The lowest BCUT2D eigenvalue weighted by atomic mass is 10.2. The maximum atomic E-state index is 12.1. The smallest absolute Gasteiger partial charge is 0.321 e. The summed E-state index contributed by atoms with van der Waals surface area (Å²) in [5.74, 6) is 0.711. The molecule has 0 unspecified atom stereocenters. The Labute approximate surface area is 132 Å². The zero-order valence-electron chi connectivity index (χ0n) is 12.0. The maximum absolute atomic E-state index is 12.1. The molecule has 5 heteroatoms. The van der Waals surface area contributed by atoms with Gasteiger partial charge in [0.1, 0.15) is 5.75 Å². The minimum atomic E-state index is -0.161. The lowest BCUT2D eigenvalue weighted by Crippen LogP contribution is -2.30. The molecule has 21 heavy (non-hydrogen) atoms. The SMILES string of the molecule is COc1cccc(NC(=O)N(C)Cc2ccc(Br)cc2)c1. The molecular formula is C16H17BrN2O2. The van der Waals surface area contributed by atoms with Gasteiger partial charge in [-0.25, -0.2) is 4.79 Å². The average Bonchev–Trinajstić information content (AvgIpc) is 2.49. The van der Waals surface area contributed by atoms with E-state index in [1.54, 1.807) is 25.1 Å². The number of carbonyl (C=O) groups excluding carboxylic acids is 1. The van der Waals surface area contributed by atoms with E-state index < -0.39 is 0 Å². The van der Waals surface area contributed by atoms with Gasteiger partial charge >= 0.3 is 6.03 Å². The fraction of sp³-hybridized carbons (Fsp3) is 0.188. The van der Waals surface area contributed by atoms with Crippen molar-refractivity contribution in [3.8, 4) is 5.75 Å². The standard InChI is InChI=1S/C16H17BrN2O2/c1-19(11-12-6-8-13(17)9-7-12)16(20)18-14-4-3-5-15(10-14)21-2/h3-10H,11H2,1-2H3,(H,18,20). The number of hydrogen-bond acceptors (Lipinski definition) is 2. The Balaban J connectivity index is 1.97. The second-order valence-electron chi connectivity index (χ2n) is 4.64. The van der Waals surface area contributed by atoms with Crippen LogP contribution in [-0.2, 0) is 6.54 Å². The first-order valence-corrected chi connectivity index (χ1v) is 7.28. The number of urea groups is 1. The van der Waals surface area contributed by atoms with E-state index in [0.717, 1.165) is 10.0 Å². The molecule has 0 aliphatic heterocycles. The highest BCUT2D eigenvalue weighted by Gasteiger charge is 2.09. The minimum absolute atomic E-state index is 0.161. The van der Waals surface area contributed by atoms with Gasteiger partial charge in [-0.15, -0.1) is 0 Å². The average molecular weight is 349 g/mol. The molecule has 2 aromatic carbocycles. The van der Waals surface area contributed by atoms with Crippen LogP contribution >= 0.6 is 15.9 Å². The number of methoxy groups -OCH3 is 1. The Morgan fingerprint density at radius 3 is 2.62 bits per heavy atom. The zero-order chi connectivity index (χ0) is 15.2. The summed E-state index contributed by atoms with van der Waals surface area (Å²) in [4.78, 5) is 13.8. The summed E-state index contributed by atoms with van der Waals surface area (Å²) in [5.41, 5.74) is 1.78. The second kappa shape index (κ2) is 7.13. The van der Waals surface area contributed by atoms with Crippen LogP contribution in [0, 0.1) is 0 Å². The van der Waals surface area contributed by atoms with Gasteiger partial charge in [0.25, 0.3) is 0 Å². The molecule has 0 saturated carbocycles. The summed E-state index contributed by atoms with van der Waals surface area (Å²) in [7, 11) is 3.36. The molecule has 4 nitrogen and oxygen atoms in total. The van der Waals surface area contributed by atoms with Gasteiger partial charge in [-0.1, -0.05) is 34.1 Å². The van der Waals surface area contributed by atoms with Crippen LogP contribution in [-0.4, -0.2) is 25.1 Å². The lowest BCUT2D eigenvalue weighted by molar-refractivity contribution is 0.220. The summed E-state index contributed by atoms with van der Waals surface area (Å²) < 4.78 is 6.16. The van der Waals surface area contributed by atoms with Crippen LogP contribution < -0.4 is 10.1 Å². The molecule has 0 aliphatic carbocycles. The number of rotatable bonds is 4. The summed E-state index contributed by atoms with van der Waals surface area (Å²) in [6.45, 7) is 0.545. The van der Waals surface area contributed by atoms with Crippen molar-refractivity contribution >= 4 is 27.6 Å². The molecule has 0 radical (unpaired) electrons. The van der Waals surface area contributed by atoms with Crippen molar-refractivity contribution in [3.05, 3.63) is 58.6 Å². The van der Waals surface area contributed by atoms with Gasteiger partial charge in [-0.05, 0) is 29.8 Å². The molecule has 0 fully saturated rings. The van der Waals surface area contributed by atoms with Gasteiger partial charge in [0.15, 0.2) is 0 Å². The maximum Gasteiger partial charge on any atom is 0.321 e. The first-order valence-electron chi connectivity index (χ1n) is 6.49. The first kappa shape index (κ1) is 15.4. The fourth-order valence-electron chi connectivity index (χ4n) is 1.86. The van der Waals surface area contributed by atoms with Crippen LogP contribution in [0.25, 0.3) is 0 Å². The third kappa shape index (κ3) is 4.49. The number of nitrogens with one attached hydrogen (secondary N) is 1. The van der Waals surface area contributed by atoms with Crippen molar-refractivity contribution in [2.75, 3.05) is 19.5 Å². The predicted octanol–water partition coefficient (Wildman–Crippen LogP) is 4.12. The molecule has 2 rings (SSSR count). The van der Waals surface area contributed by atoms with Gasteiger partial charge in [0.2, 0.25) is 0 Å². The van der Waals surface area contributed by atoms with Crippen molar-refractivity contribution in [2.24, 2.45) is 0 Å². The van der Waals surface area contributed by atoms with Gasteiger partial charge in [-0.2, -0.15) is 0 Å². The van der Waals surface area contributed by atoms with Crippen molar-refractivity contribution in [3.63, 3.8) is 0 Å². The topological polar surface area (TPSA) is 41.6 Å². The van der Waals surface area contributed by atoms with Gasteiger partial charge < -0.3 is 15.0 Å². The van der Waals surface area contributed by atoms with Crippen molar-refractivity contribution in [2.45, 2.75) is 6.54 Å². The van der Waals surface area contributed by atoms with Crippen LogP contribution in [0.5, 0.6) is 5.75 Å². The quantitative estimate of drug-likeness (QED) is 0.902. The van der Waals surface area contributed by atoms with Crippen LogP contribution in [0.15, 0.2) is 53.0 Å². The molecule has 0 aliphatic rings. The number of hydrogen-bond donors (Lipinski definition) is 1. The lowest BCUT2D eigenvalue weighted by Gasteiger charge is -2.18. The van der Waals surface area contributed by atoms with Gasteiger partial charge in [0, 0.05) is 29.8 Å². The van der Waals surface area contributed by atoms with Crippen molar-refractivity contribution < 1.29 is 9.53 Å². The largest absolute Gasteiger partial charge is 0.497 e. The Bertz CT molecular complexity index is 614. The molecule has 1 N–H and O–H groups in total. The molecule has 110 valence electrons. The van der Waals surface area contributed by atoms with Gasteiger partial charge in [-0.3, -0.25) is 0 Å². The van der Waals surface area contributed by atoms with Crippen LogP contribution in [0.3, 0.4) is 0 Å². The van der Waals surface area contributed by atoms with E-state index in [0.29, 0.717) is 18.0 Å². The summed E-state index contributed by atoms with van der Waals surface area (Å²) >= 11 is 3.39. The Kier molecular flexibility index (Phi) is 5.22. The molecule has 0 spiro atoms. The summed E-state index contributed by atoms with van der Waals surface area (Å²) in [6.07, 6.45) is 0. The van der Waals surface area contributed by atoms with E-state index in [-0.39, 0.29) is 6.03 Å². The first-order chi connectivity index (χ1) is 10.1. The summed E-state index contributed by atoms with van der Waals surface area (Å²) in [5, 5.41) is 2.85.